The van der Waals surface area contributed by atoms with E-state index in [2.05, 4.69) is 0 Å². The Kier molecular flexibility index (Phi) is 5.33. The minimum Gasteiger partial charge on any atom is -0.494 e. The molecule has 0 radical (unpaired) electrons. The summed E-state index contributed by atoms with van der Waals surface area (Å²) in [5.41, 5.74) is 0.618. The molecule has 0 heterocycles. The summed E-state index contributed by atoms with van der Waals surface area (Å²) < 4.78 is 5.37. The van der Waals surface area contributed by atoms with E-state index in [0.29, 0.717) is 25.0 Å². The van der Waals surface area contributed by atoms with Gasteiger partial charge in [0.05, 0.1) is 12.5 Å². The average molecular weight is 274 g/mol. The van der Waals surface area contributed by atoms with Crippen molar-refractivity contribution in [1.82, 2.24) is 0 Å². The highest BCUT2D eigenvalue weighted by Gasteiger charge is 2.27. The zero-order valence-electron chi connectivity index (χ0n) is 12.1. The standard InChI is InChI=1S/C17H22O3/c1-2-20-14-11-9-13(10-12-14)17(19)15-7-5-3-4-6-8-16(15)18/h9-12,15H,2-8H2,1H3. The van der Waals surface area contributed by atoms with Gasteiger partial charge >= 0.3 is 0 Å². The van der Waals surface area contributed by atoms with Crippen LogP contribution in [0.2, 0.25) is 0 Å². The molecular formula is C17H22O3. The van der Waals surface area contributed by atoms with Gasteiger partial charge in [0, 0.05) is 12.0 Å². The molecule has 1 aromatic rings. The van der Waals surface area contributed by atoms with Crippen LogP contribution in [0.4, 0.5) is 0 Å². The Hall–Kier alpha value is -1.64. The molecule has 0 N–H and O–H groups in total. The summed E-state index contributed by atoms with van der Waals surface area (Å²) in [5, 5.41) is 0. The Morgan fingerprint density at radius 2 is 1.85 bits per heavy atom. The summed E-state index contributed by atoms with van der Waals surface area (Å²) in [6, 6.07) is 7.12. The van der Waals surface area contributed by atoms with Gasteiger partial charge in [0.15, 0.2) is 5.78 Å². The number of ketones is 2. The summed E-state index contributed by atoms with van der Waals surface area (Å²) in [7, 11) is 0. The molecule has 1 atom stereocenters. The SMILES string of the molecule is CCOc1ccc(C(=O)C2CCCCCCC2=O)cc1. The van der Waals surface area contributed by atoms with E-state index in [4.69, 9.17) is 4.74 Å². The Balaban J connectivity index is 2.09. The first kappa shape index (κ1) is 14.8. The molecule has 1 fully saturated rings. The van der Waals surface area contributed by atoms with Crippen molar-refractivity contribution >= 4 is 11.6 Å². The number of hydrogen-bond donors (Lipinski definition) is 0. The first-order valence-corrected chi connectivity index (χ1v) is 7.52. The maximum Gasteiger partial charge on any atom is 0.173 e. The van der Waals surface area contributed by atoms with Gasteiger partial charge in [0.25, 0.3) is 0 Å². The van der Waals surface area contributed by atoms with Crippen LogP contribution in [0.1, 0.15) is 55.8 Å². The third-order valence-corrected chi connectivity index (χ3v) is 3.82. The highest BCUT2D eigenvalue weighted by atomic mass is 16.5. The van der Waals surface area contributed by atoms with Gasteiger partial charge in [-0.1, -0.05) is 19.3 Å². The quantitative estimate of drug-likeness (QED) is 0.619. The minimum atomic E-state index is -0.437. The molecule has 3 heteroatoms. The molecule has 1 aliphatic rings. The summed E-state index contributed by atoms with van der Waals surface area (Å²) >= 11 is 0. The number of carbonyl (C=O) groups excluding carboxylic acids is 2. The van der Waals surface area contributed by atoms with E-state index in [1.165, 1.54) is 0 Å². The van der Waals surface area contributed by atoms with Gasteiger partial charge < -0.3 is 4.74 Å². The molecular weight excluding hydrogens is 252 g/mol. The van der Waals surface area contributed by atoms with Gasteiger partial charge in [0.1, 0.15) is 11.5 Å². The van der Waals surface area contributed by atoms with E-state index in [9.17, 15) is 9.59 Å². The predicted octanol–water partition coefficient (Wildman–Crippen LogP) is 3.81. The maximum absolute atomic E-state index is 12.5. The van der Waals surface area contributed by atoms with Crippen molar-refractivity contribution < 1.29 is 14.3 Å². The van der Waals surface area contributed by atoms with Crippen LogP contribution in [0.15, 0.2) is 24.3 Å². The Morgan fingerprint density at radius 3 is 2.55 bits per heavy atom. The molecule has 0 aromatic heterocycles. The third-order valence-electron chi connectivity index (χ3n) is 3.82. The fourth-order valence-corrected chi connectivity index (χ4v) is 2.70. The van der Waals surface area contributed by atoms with E-state index in [1.807, 2.05) is 6.92 Å². The molecule has 108 valence electrons. The smallest absolute Gasteiger partial charge is 0.173 e. The molecule has 0 amide bonds. The monoisotopic (exact) mass is 274 g/mol. The second-order valence-electron chi connectivity index (χ2n) is 5.29. The van der Waals surface area contributed by atoms with Gasteiger partial charge in [0.2, 0.25) is 0 Å². The summed E-state index contributed by atoms with van der Waals surface area (Å²) in [6.07, 6.45) is 5.37. The zero-order valence-corrected chi connectivity index (χ0v) is 12.1. The molecule has 1 saturated carbocycles. The summed E-state index contributed by atoms with van der Waals surface area (Å²) in [4.78, 5) is 24.6. The average Bonchev–Trinajstić information content (AvgIpc) is 2.44. The lowest BCUT2D eigenvalue weighted by Gasteiger charge is -2.17. The molecule has 0 spiro atoms. The zero-order chi connectivity index (χ0) is 14.4. The highest BCUT2D eigenvalue weighted by Crippen LogP contribution is 2.24. The van der Waals surface area contributed by atoms with Crippen molar-refractivity contribution in [3.05, 3.63) is 29.8 Å². The van der Waals surface area contributed by atoms with Crippen molar-refractivity contribution in [3.63, 3.8) is 0 Å². The second-order valence-corrected chi connectivity index (χ2v) is 5.29. The first-order valence-electron chi connectivity index (χ1n) is 7.52. The van der Waals surface area contributed by atoms with Crippen LogP contribution in [0.25, 0.3) is 0 Å². The van der Waals surface area contributed by atoms with Crippen molar-refractivity contribution in [1.29, 1.82) is 0 Å². The van der Waals surface area contributed by atoms with Crippen LogP contribution in [0, 0.1) is 5.92 Å². The minimum absolute atomic E-state index is 0.0278. The Bertz CT molecular complexity index is 462. The van der Waals surface area contributed by atoms with Gasteiger partial charge in [-0.3, -0.25) is 9.59 Å². The fraction of sp³-hybridized carbons (Fsp3) is 0.529. The van der Waals surface area contributed by atoms with Crippen molar-refractivity contribution in [2.24, 2.45) is 5.92 Å². The highest BCUT2D eigenvalue weighted by molar-refractivity contribution is 6.10. The van der Waals surface area contributed by atoms with Crippen LogP contribution in [0.3, 0.4) is 0 Å². The number of ether oxygens (including phenoxy) is 1. The molecule has 3 nitrogen and oxygen atoms in total. The largest absolute Gasteiger partial charge is 0.494 e. The first-order chi connectivity index (χ1) is 9.72. The third kappa shape index (κ3) is 3.69. The predicted molar refractivity (Wildman–Crippen MR) is 78.1 cm³/mol. The van der Waals surface area contributed by atoms with Gasteiger partial charge in [-0.2, -0.15) is 0 Å². The number of carbonyl (C=O) groups is 2. The topological polar surface area (TPSA) is 43.4 Å². The lowest BCUT2D eigenvalue weighted by atomic mass is 9.84. The van der Waals surface area contributed by atoms with Gasteiger partial charge in [-0.25, -0.2) is 0 Å². The van der Waals surface area contributed by atoms with Crippen LogP contribution < -0.4 is 4.74 Å². The number of rotatable bonds is 4. The number of benzene rings is 1. The lowest BCUT2D eigenvalue weighted by Crippen LogP contribution is -2.25. The molecule has 20 heavy (non-hydrogen) atoms. The second kappa shape index (κ2) is 7.22. The van der Waals surface area contributed by atoms with Crippen molar-refractivity contribution in [2.75, 3.05) is 6.61 Å². The van der Waals surface area contributed by atoms with E-state index in [0.717, 1.165) is 31.4 Å². The van der Waals surface area contributed by atoms with Crippen LogP contribution >= 0.6 is 0 Å². The van der Waals surface area contributed by atoms with Gasteiger partial charge in [-0.15, -0.1) is 0 Å². The van der Waals surface area contributed by atoms with Crippen LogP contribution in [-0.2, 0) is 4.79 Å². The lowest BCUT2D eigenvalue weighted by molar-refractivity contribution is -0.122. The normalized spacial score (nSPS) is 20.1. The van der Waals surface area contributed by atoms with Crippen LogP contribution in [-0.4, -0.2) is 18.2 Å². The van der Waals surface area contributed by atoms with Crippen molar-refractivity contribution in [3.8, 4) is 5.75 Å². The molecule has 1 aliphatic carbocycles. The molecule has 1 unspecified atom stereocenters. The number of hydrogen-bond acceptors (Lipinski definition) is 3. The molecule has 1 aromatic carbocycles. The fourth-order valence-electron chi connectivity index (χ4n) is 2.70. The molecule has 0 aliphatic heterocycles. The summed E-state index contributed by atoms with van der Waals surface area (Å²) in [5.74, 6) is 0.407. The van der Waals surface area contributed by atoms with E-state index in [-0.39, 0.29) is 11.6 Å². The van der Waals surface area contributed by atoms with E-state index < -0.39 is 5.92 Å². The molecule has 2 rings (SSSR count). The Labute approximate surface area is 120 Å². The maximum atomic E-state index is 12.5. The molecule has 0 saturated heterocycles. The van der Waals surface area contributed by atoms with E-state index >= 15 is 0 Å². The Morgan fingerprint density at radius 1 is 1.15 bits per heavy atom. The number of Topliss-reactive ketones (excluding diaryl/α,β-unsaturated/α-hetero) is 2. The van der Waals surface area contributed by atoms with Gasteiger partial charge in [-0.05, 0) is 44.0 Å². The summed E-state index contributed by atoms with van der Waals surface area (Å²) in [6.45, 7) is 2.53. The van der Waals surface area contributed by atoms with Crippen molar-refractivity contribution in [2.45, 2.75) is 45.4 Å². The van der Waals surface area contributed by atoms with Crippen LogP contribution in [0.5, 0.6) is 5.75 Å². The van der Waals surface area contributed by atoms with E-state index in [1.54, 1.807) is 24.3 Å². The molecule has 0 bridgehead atoms.